The highest BCUT2D eigenvalue weighted by molar-refractivity contribution is 6.35. The molecule has 2 N–H and O–H groups in total. The quantitative estimate of drug-likeness (QED) is 0.289. The van der Waals surface area contributed by atoms with Gasteiger partial charge in [-0.05, 0) is 116 Å². The van der Waals surface area contributed by atoms with Gasteiger partial charge in [0, 0.05) is 67.2 Å². The van der Waals surface area contributed by atoms with E-state index in [2.05, 4.69) is 74.8 Å². The van der Waals surface area contributed by atoms with Gasteiger partial charge in [-0.1, -0.05) is 29.3 Å². The van der Waals surface area contributed by atoms with Gasteiger partial charge in [0.1, 0.15) is 0 Å². The van der Waals surface area contributed by atoms with Crippen LogP contribution in [0.1, 0.15) is 24.0 Å². The third-order valence-corrected chi connectivity index (χ3v) is 8.52. The fraction of sp³-hybridized carbons (Fsp3) is 0.406. The topological polar surface area (TPSA) is 50.9 Å². The van der Waals surface area contributed by atoms with Gasteiger partial charge in [-0.2, -0.15) is 0 Å². The summed E-state index contributed by atoms with van der Waals surface area (Å²) in [6.07, 6.45) is 3.00. The number of amides is 1. The summed E-state index contributed by atoms with van der Waals surface area (Å²) in [5.41, 5.74) is 7.04. The Balaban J connectivity index is 1.29. The van der Waals surface area contributed by atoms with Crippen molar-refractivity contribution in [2.75, 3.05) is 63.1 Å². The van der Waals surface area contributed by atoms with Crippen molar-refractivity contribution in [3.05, 3.63) is 81.8 Å². The van der Waals surface area contributed by atoms with Gasteiger partial charge < -0.3 is 20.4 Å². The second-order valence-corrected chi connectivity index (χ2v) is 12.0. The Hall–Kier alpha value is -2.77. The number of hydrogen-bond donors (Lipinski definition) is 2. The maximum absolute atomic E-state index is 10.7. The molecule has 5 rings (SSSR count). The van der Waals surface area contributed by atoms with E-state index in [0.717, 1.165) is 95.0 Å². The Kier molecular flexibility index (Phi) is 9.87. The summed E-state index contributed by atoms with van der Waals surface area (Å²) in [7, 11) is 2.18. The lowest BCUT2D eigenvalue weighted by Gasteiger charge is -2.34. The van der Waals surface area contributed by atoms with Gasteiger partial charge in [-0.25, -0.2) is 0 Å². The number of nitrogens with one attached hydrogen (secondary N) is 2. The molecule has 8 heteroatoms. The minimum absolute atomic E-state index is 0.559. The van der Waals surface area contributed by atoms with E-state index in [1.54, 1.807) is 6.07 Å². The minimum Gasteiger partial charge on any atom is -0.381 e. The molecule has 212 valence electrons. The number of piperidine rings is 1. The van der Waals surface area contributed by atoms with Crippen molar-refractivity contribution in [1.29, 1.82) is 0 Å². The number of likely N-dealkylation sites (tertiary alicyclic amines) is 1. The van der Waals surface area contributed by atoms with E-state index < -0.39 is 0 Å². The van der Waals surface area contributed by atoms with Crippen molar-refractivity contribution in [3.8, 4) is 11.1 Å². The van der Waals surface area contributed by atoms with E-state index in [1.807, 2.05) is 12.1 Å². The zero-order valence-electron chi connectivity index (χ0n) is 23.2. The molecule has 2 aliphatic rings. The van der Waals surface area contributed by atoms with Gasteiger partial charge >= 0.3 is 0 Å². The molecular formula is C32H39Cl2N5O. The standard InChI is InChI=1S/C32H39Cl2N5O/c1-37-10-12-39(13-11-37)32-4-2-31(3-5-32)36-21-25-14-26(22-38-8-6-24(7-9-38)20-35-23-40)16-27(15-25)28-17-29(33)19-30(34)18-28/h2-5,14-19,23-24,36H,6-13,20-22H2,1H3,(H,35,40). The largest absolute Gasteiger partial charge is 0.381 e. The number of piperazine rings is 1. The number of carbonyl (C=O) groups is 1. The molecular weight excluding hydrogens is 541 g/mol. The van der Waals surface area contributed by atoms with Gasteiger partial charge in [-0.15, -0.1) is 0 Å². The first-order valence-corrected chi connectivity index (χ1v) is 15.0. The number of anilines is 2. The fourth-order valence-corrected chi connectivity index (χ4v) is 6.25. The molecule has 0 saturated carbocycles. The maximum Gasteiger partial charge on any atom is 0.207 e. The molecule has 0 radical (unpaired) electrons. The Morgan fingerprint density at radius 2 is 1.48 bits per heavy atom. The summed E-state index contributed by atoms with van der Waals surface area (Å²) < 4.78 is 0. The maximum atomic E-state index is 10.7. The molecule has 0 aromatic heterocycles. The smallest absolute Gasteiger partial charge is 0.207 e. The molecule has 3 aromatic rings. The normalized spacial score (nSPS) is 17.1. The van der Waals surface area contributed by atoms with E-state index >= 15 is 0 Å². The zero-order valence-corrected chi connectivity index (χ0v) is 24.7. The number of benzene rings is 3. The Morgan fingerprint density at radius 3 is 2.15 bits per heavy atom. The zero-order chi connectivity index (χ0) is 27.9. The van der Waals surface area contributed by atoms with Crippen LogP contribution < -0.4 is 15.5 Å². The lowest BCUT2D eigenvalue weighted by atomic mass is 9.95. The molecule has 0 spiro atoms. The molecule has 2 heterocycles. The summed E-state index contributed by atoms with van der Waals surface area (Å²) >= 11 is 12.7. The minimum atomic E-state index is 0.559. The van der Waals surface area contributed by atoms with Crippen LogP contribution in [0.15, 0.2) is 60.7 Å². The van der Waals surface area contributed by atoms with Crippen LogP contribution in [0.3, 0.4) is 0 Å². The monoisotopic (exact) mass is 579 g/mol. The average molecular weight is 581 g/mol. The first kappa shape index (κ1) is 28.7. The van der Waals surface area contributed by atoms with Crippen LogP contribution >= 0.6 is 23.2 Å². The second-order valence-electron chi connectivity index (χ2n) is 11.1. The van der Waals surface area contributed by atoms with Gasteiger partial charge in [0.2, 0.25) is 6.41 Å². The lowest BCUT2D eigenvalue weighted by molar-refractivity contribution is -0.109. The molecule has 0 bridgehead atoms. The van der Waals surface area contributed by atoms with E-state index in [0.29, 0.717) is 16.0 Å². The molecule has 0 aliphatic carbocycles. The number of likely N-dealkylation sites (N-methyl/N-ethyl adjacent to an activating group) is 1. The molecule has 6 nitrogen and oxygen atoms in total. The van der Waals surface area contributed by atoms with Crippen LogP contribution in [0.4, 0.5) is 11.4 Å². The number of halogens is 2. The average Bonchev–Trinajstić information content (AvgIpc) is 2.96. The van der Waals surface area contributed by atoms with E-state index in [4.69, 9.17) is 23.2 Å². The Bertz CT molecular complexity index is 1250. The van der Waals surface area contributed by atoms with Crippen molar-refractivity contribution in [3.63, 3.8) is 0 Å². The molecule has 0 unspecified atom stereocenters. The Labute approximate surface area is 248 Å². The summed E-state index contributed by atoms with van der Waals surface area (Å²) in [5, 5.41) is 7.75. The summed E-state index contributed by atoms with van der Waals surface area (Å²) in [4.78, 5) is 18.0. The number of nitrogens with zero attached hydrogens (tertiary/aromatic N) is 3. The van der Waals surface area contributed by atoms with Crippen LogP contribution in [0.2, 0.25) is 10.0 Å². The molecule has 3 aromatic carbocycles. The molecule has 40 heavy (non-hydrogen) atoms. The number of rotatable bonds is 10. The molecule has 0 atom stereocenters. The third kappa shape index (κ3) is 7.91. The molecule has 2 fully saturated rings. The molecule has 1 amide bonds. The number of carbonyl (C=O) groups excluding carboxylic acids is 1. The van der Waals surface area contributed by atoms with Crippen molar-refractivity contribution in [2.24, 2.45) is 5.92 Å². The third-order valence-electron chi connectivity index (χ3n) is 8.08. The summed E-state index contributed by atoms with van der Waals surface area (Å²) in [5.74, 6) is 0.559. The van der Waals surface area contributed by atoms with Crippen LogP contribution in [0.5, 0.6) is 0 Å². The van der Waals surface area contributed by atoms with E-state index in [1.165, 1.54) is 16.8 Å². The highest BCUT2D eigenvalue weighted by Gasteiger charge is 2.19. The lowest BCUT2D eigenvalue weighted by Crippen LogP contribution is -2.44. The SMILES string of the molecule is CN1CCN(c2ccc(NCc3cc(CN4CCC(CNC=O)CC4)cc(-c4cc(Cl)cc(Cl)c4)c3)cc2)CC1. The predicted octanol–water partition coefficient (Wildman–Crippen LogP) is 5.98. The highest BCUT2D eigenvalue weighted by atomic mass is 35.5. The van der Waals surface area contributed by atoms with Crippen LogP contribution in [-0.2, 0) is 17.9 Å². The van der Waals surface area contributed by atoms with Crippen molar-refractivity contribution in [2.45, 2.75) is 25.9 Å². The fourth-order valence-electron chi connectivity index (χ4n) is 5.72. The van der Waals surface area contributed by atoms with Gasteiger partial charge in [0.25, 0.3) is 0 Å². The second kappa shape index (κ2) is 13.7. The molecule has 2 aliphatic heterocycles. The van der Waals surface area contributed by atoms with E-state index in [-0.39, 0.29) is 0 Å². The molecule has 2 saturated heterocycles. The van der Waals surface area contributed by atoms with Gasteiger partial charge in [-0.3, -0.25) is 9.69 Å². The summed E-state index contributed by atoms with van der Waals surface area (Å²) in [6, 6.07) is 21.3. The van der Waals surface area contributed by atoms with Crippen molar-refractivity contribution >= 4 is 41.0 Å². The highest BCUT2D eigenvalue weighted by Crippen LogP contribution is 2.30. The predicted molar refractivity (Wildman–Crippen MR) is 167 cm³/mol. The van der Waals surface area contributed by atoms with Crippen molar-refractivity contribution in [1.82, 2.24) is 15.1 Å². The first-order chi connectivity index (χ1) is 19.4. The van der Waals surface area contributed by atoms with Crippen LogP contribution in [-0.4, -0.2) is 69.1 Å². The van der Waals surface area contributed by atoms with Crippen LogP contribution in [0, 0.1) is 5.92 Å². The first-order valence-electron chi connectivity index (χ1n) is 14.2. The van der Waals surface area contributed by atoms with Gasteiger partial charge in [0.05, 0.1) is 0 Å². The van der Waals surface area contributed by atoms with Gasteiger partial charge in [0.15, 0.2) is 0 Å². The summed E-state index contributed by atoms with van der Waals surface area (Å²) in [6.45, 7) is 8.80. The van der Waals surface area contributed by atoms with E-state index in [9.17, 15) is 4.79 Å². The Morgan fingerprint density at radius 1 is 0.825 bits per heavy atom. The van der Waals surface area contributed by atoms with Crippen molar-refractivity contribution < 1.29 is 4.79 Å². The van der Waals surface area contributed by atoms with Crippen LogP contribution in [0.25, 0.3) is 11.1 Å². The number of hydrogen-bond acceptors (Lipinski definition) is 5.